The van der Waals surface area contributed by atoms with Crippen LogP contribution >= 0.6 is 0 Å². The first-order valence-electron chi connectivity index (χ1n) is 6.13. The molecule has 0 saturated carbocycles. The Morgan fingerprint density at radius 2 is 1.95 bits per heavy atom. The molecule has 0 spiro atoms. The van der Waals surface area contributed by atoms with Crippen LogP contribution in [0.3, 0.4) is 0 Å². The van der Waals surface area contributed by atoms with E-state index >= 15 is 0 Å². The lowest BCUT2D eigenvalue weighted by Gasteiger charge is -2.09. The molecule has 0 atom stereocenters. The van der Waals surface area contributed by atoms with Gasteiger partial charge >= 0.3 is 0 Å². The van der Waals surface area contributed by atoms with Crippen LogP contribution in [0.25, 0.3) is 16.8 Å². The standard InChI is InChI=1S/C15H15N3O/c1-19-13-7-5-11(6-8-13)14-4-2-3-12-10-17-15(9-16)18(12)14/h2-8,10H,9,16H2,1H3. The van der Waals surface area contributed by atoms with Crippen molar-refractivity contribution in [2.45, 2.75) is 6.54 Å². The Kier molecular flexibility index (Phi) is 2.93. The molecule has 3 aromatic rings. The van der Waals surface area contributed by atoms with E-state index in [-0.39, 0.29) is 0 Å². The molecule has 0 radical (unpaired) electrons. The fraction of sp³-hybridized carbons (Fsp3) is 0.133. The zero-order valence-corrected chi connectivity index (χ0v) is 10.7. The number of rotatable bonds is 3. The van der Waals surface area contributed by atoms with Crippen LogP contribution in [-0.2, 0) is 6.54 Å². The topological polar surface area (TPSA) is 52.5 Å². The molecule has 0 aliphatic rings. The summed E-state index contributed by atoms with van der Waals surface area (Å²) in [6, 6.07) is 14.1. The Morgan fingerprint density at radius 3 is 2.63 bits per heavy atom. The lowest BCUT2D eigenvalue weighted by molar-refractivity contribution is 0.415. The van der Waals surface area contributed by atoms with Gasteiger partial charge in [0, 0.05) is 0 Å². The molecule has 3 rings (SSSR count). The number of nitrogens with two attached hydrogens (primary N) is 1. The summed E-state index contributed by atoms with van der Waals surface area (Å²) >= 11 is 0. The summed E-state index contributed by atoms with van der Waals surface area (Å²) in [5.74, 6) is 1.71. The summed E-state index contributed by atoms with van der Waals surface area (Å²) in [7, 11) is 1.66. The number of nitrogens with zero attached hydrogens (tertiary/aromatic N) is 2. The van der Waals surface area contributed by atoms with Crippen LogP contribution in [0.15, 0.2) is 48.7 Å². The highest BCUT2D eigenvalue weighted by molar-refractivity contribution is 5.66. The molecular formula is C15H15N3O. The van der Waals surface area contributed by atoms with Crippen LogP contribution in [0.5, 0.6) is 5.75 Å². The predicted molar refractivity (Wildman–Crippen MR) is 75.1 cm³/mol. The second kappa shape index (κ2) is 4.74. The van der Waals surface area contributed by atoms with Crippen molar-refractivity contribution < 1.29 is 4.74 Å². The van der Waals surface area contributed by atoms with Crippen LogP contribution in [-0.4, -0.2) is 16.5 Å². The Morgan fingerprint density at radius 1 is 1.16 bits per heavy atom. The lowest BCUT2D eigenvalue weighted by Crippen LogP contribution is -2.04. The number of imidazole rings is 1. The Balaban J connectivity index is 2.20. The predicted octanol–water partition coefficient (Wildman–Crippen LogP) is 2.47. The Hall–Kier alpha value is -2.33. The summed E-state index contributed by atoms with van der Waals surface area (Å²) in [4.78, 5) is 4.35. The largest absolute Gasteiger partial charge is 0.497 e. The van der Waals surface area contributed by atoms with Crippen molar-refractivity contribution in [3.05, 3.63) is 54.5 Å². The number of hydrogen-bond acceptors (Lipinski definition) is 3. The fourth-order valence-corrected chi connectivity index (χ4v) is 2.24. The molecule has 96 valence electrons. The van der Waals surface area contributed by atoms with Crippen LogP contribution < -0.4 is 10.5 Å². The zero-order valence-electron chi connectivity index (χ0n) is 10.7. The number of methoxy groups -OCH3 is 1. The van der Waals surface area contributed by atoms with Gasteiger partial charge in [0.15, 0.2) is 0 Å². The lowest BCUT2D eigenvalue weighted by atomic mass is 10.1. The highest BCUT2D eigenvalue weighted by Gasteiger charge is 2.08. The molecule has 0 amide bonds. The molecular weight excluding hydrogens is 238 g/mol. The molecule has 2 heterocycles. The summed E-state index contributed by atoms with van der Waals surface area (Å²) in [5.41, 5.74) is 8.99. The van der Waals surface area contributed by atoms with Gasteiger partial charge in [0.05, 0.1) is 31.1 Å². The summed E-state index contributed by atoms with van der Waals surface area (Å²) in [6.07, 6.45) is 1.84. The second-order valence-electron chi connectivity index (χ2n) is 4.28. The van der Waals surface area contributed by atoms with E-state index in [1.165, 1.54) is 0 Å². The highest BCUT2D eigenvalue weighted by atomic mass is 16.5. The monoisotopic (exact) mass is 253 g/mol. The van der Waals surface area contributed by atoms with E-state index in [1.807, 2.05) is 42.6 Å². The number of fused-ring (bicyclic) bond motifs is 1. The maximum atomic E-state index is 5.75. The minimum atomic E-state index is 0.418. The first kappa shape index (κ1) is 11.7. The molecule has 4 heteroatoms. The SMILES string of the molecule is COc1ccc(-c2cccc3cnc(CN)n23)cc1. The first-order chi connectivity index (χ1) is 9.33. The van der Waals surface area contributed by atoms with Crippen LogP contribution in [0, 0.1) is 0 Å². The van der Waals surface area contributed by atoms with Crippen molar-refractivity contribution in [3.8, 4) is 17.0 Å². The average molecular weight is 253 g/mol. The minimum Gasteiger partial charge on any atom is -0.497 e. The van der Waals surface area contributed by atoms with Gasteiger partial charge in [0.2, 0.25) is 0 Å². The Bertz CT molecular complexity index is 701. The van der Waals surface area contributed by atoms with Crippen LogP contribution in [0.2, 0.25) is 0 Å². The average Bonchev–Trinajstić information content (AvgIpc) is 2.90. The third kappa shape index (κ3) is 1.96. The van der Waals surface area contributed by atoms with Crippen molar-refractivity contribution in [1.29, 1.82) is 0 Å². The quantitative estimate of drug-likeness (QED) is 0.780. The van der Waals surface area contributed by atoms with E-state index in [0.29, 0.717) is 6.54 Å². The molecule has 2 aromatic heterocycles. The molecule has 4 nitrogen and oxygen atoms in total. The molecule has 0 aliphatic heterocycles. The maximum absolute atomic E-state index is 5.75. The number of ether oxygens (including phenoxy) is 1. The van der Waals surface area contributed by atoms with Crippen LogP contribution in [0.4, 0.5) is 0 Å². The Labute approximate surface area is 111 Å². The first-order valence-corrected chi connectivity index (χ1v) is 6.13. The van der Waals surface area contributed by atoms with Gasteiger partial charge in [-0.05, 0) is 42.0 Å². The van der Waals surface area contributed by atoms with E-state index in [4.69, 9.17) is 10.5 Å². The molecule has 0 bridgehead atoms. The van der Waals surface area contributed by atoms with Crippen molar-refractivity contribution in [1.82, 2.24) is 9.38 Å². The third-order valence-electron chi connectivity index (χ3n) is 3.19. The van der Waals surface area contributed by atoms with Crippen molar-refractivity contribution in [2.24, 2.45) is 5.73 Å². The van der Waals surface area contributed by atoms with Gasteiger partial charge in [-0.25, -0.2) is 4.98 Å². The third-order valence-corrected chi connectivity index (χ3v) is 3.19. The zero-order chi connectivity index (χ0) is 13.2. The second-order valence-corrected chi connectivity index (χ2v) is 4.28. The van der Waals surface area contributed by atoms with Gasteiger partial charge < -0.3 is 10.5 Å². The van der Waals surface area contributed by atoms with Gasteiger partial charge in [0.1, 0.15) is 11.6 Å². The maximum Gasteiger partial charge on any atom is 0.127 e. The van der Waals surface area contributed by atoms with E-state index in [1.54, 1.807) is 7.11 Å². The minimum absolute atomic E-state index is 0.418. The molecule has 0 saturated heterocycles. The van der Waals surface area contributed by atoms with Gasteiger partial charge in [-0.2, -0.15) is 0 Å². The normalized spacial score (nSPS) is 10.8. The van der Waals surface area contributed by atoms with Gasteiger partial charge in [-0.3, -0.25) is 4.40 Å². The molecule has 2 N–H and O–H groups in total. The summed E-state index contributed by atoms with van der Waals surface area (Å²) in [5, 5.41) is 0. The molecule has 0 aliphatic carbocycles. The number of aromatic nitrogens is 2. The van der Waals surface area contributed by atoms with E-state index in [0.717, 1.165) is 28.3 Å². The molecule has 0 fully saturated rings. The molecule has 19 heavy (non-hydrogen) atoms. The number of benzene rings is 1. The number of pyridine rings is 1. The van der Waals surface area contributed by atoms with Crippen LogP contribution in [0.1, 0.15) is 5.82 Å². The molecule has 0 unspecified atom stereocenters. The van der Waals surface area contributed by atoms with E-state index in [2.05, 4.69) is 15.5 Å². The summed E-state index contributed by atoms with van der Waals surface area (Å²) < 4.78 is 7.27. The smallest absolute Gasteiger partial charge is 0.127 e. The van der Waals surface area contributed by atoms with Crippen molar-refractivity contribution in [2.75, 3.05) is 7.11 Å². The van der Waals surface area contributed by atoms with Gasteiger partial charge in [0.25, 0.3) is 0 Å². The van der Waals surface area contributed by atoms with Gasteiger partial charge in [-0.1, -0.05) is 6.07 Å². The van der Waals surface area contributed by atoms with E-state index < -0.39 is 0 Å². The fourth-order valence-electron chi connectivity index (χ4n) is 2.24. The summed E-state index contributed by atoms with van der Waals surface area (Å²) in [6.45, 7) is 0.418. The molecule has 1 aromatic carbocycles. The van der Waals surface area contributed by atoms with Crippen molar-refractivity contribution >= 4 is 5.52 Å². The highest BCUT2D eigenvalue weighted by Crippen LogP contribution is 2.24. The number of hydrogen-bond donors (Lipinski definition) is 1. The van der Waals surface area contributed by atoms with E-state index in [9.17, 15) is 0 Å². The van der Waals surface area contributed by atoms with Gasteiger partial charge in [-0.15, -0.1) is 0 Å². The van der Waals surface area contributed by atoms with Crippen molar-refractivity contribution in [3.63, 3.8) is 0 Å².